The van der Waals surface area contributed by atoms with Crippen LogP contribution < -0.4 is 9.64 Å². The maximum absolute atomic E-state index is 13.3. The van der Waals surface area contributed by atoms with Gasteiger partial charge in [-0.1, -0.05) is 63.1 Å². The minimum Gasteiger partial charge on any atom is -0.457 e. The molecule has 34 heavy (non-hydrogen) atoms. The quantitative estimate of drug-likeness (QED) is 0.435. The lowest BCUT2D eigenvalue weighted by Crippen LogP contribution is -2.40. The Hall–Kier alpha value is -2.55. The molecular formula is C31H39NO2. The number of ketones is 1. The zero-order chi connectivity index (χ0) is 23.9. The van der Waals surface area contributed by atoms with Crippen molar-refractivity contribution in [2.24, 2.45) is 23.7 Å². The van der Waals surface area contributed by atoms with Gasteiger partial charge in [0.2, 0.25) is 0 Å². The molecule has 3 heteroatoms. The molecule has 1 heterocycles. The largest absolute Gasteiger partial charge is 0.457 e. The van der Waals surface area contributed by atoms with Crippen LogP contribution in [0, 0.1) is 23.7 Å². The van der Waals surface area contributed by atoms with Gasteiger partial charge < -0.3 is 9.64 Å². The number of hydrogen-bond donors (Lipinski definition) is 0. The molecule has 3 aliphatic carbocycles. The maximum Gasteiger partial charge on any atom is 0.141 e. The number of allylic oxidation sites excluding steroid dienone is 7. The van der Waals surface area contributed by atoms with Crippen molar-refractivity contribution < 1.29 is 9.53 Å². The summed E-state index contributed by atoms with van der Waals surface area (Å²) in [6, 6.07) is 6.69. The van der Waals surface area contributed by atoms with Gasteiger partial charge in [0.05, 0.1) is 0 Å². The van der Waals surface area contributed by atoms with Gasteiger partial charge >= 0.3 is 0 Å². The molecule has 0 bridgehead atoms. The fourth-order valence-electron chi connectivity index (χ4n) is 6.91. The normalized spacial score (nSPS) is 28.9. The standard InChI is InChI=1S/C31H39NO2/c1-5-21(6-2)17-22-13-15-26-29(18-22)34-30-19-23(32(7-3)8-4)14-16-27(30)31(26)20-28(33)24-11-9-10-12-25(24)31/h9-12,14-16,18-19,21-22,24-25H,5-8,13,17,20H2,1-4H3. The molecule has 1 aromatic rings. The molecule has 4 unspecified atom stereocenters. The Balaban J connectivity index is 1.63. The number of hydrogen-bond acceptors (Lipinski definition) is 3. The van der Waals surface area contributed by atoms with Crippen LogP contribution in [0.4, 0.5) is 5.69 Å². The molecule has 180 valence electrons. The van der Waals surface area contributed by atoms with Gasteiger partial charge in [-0.15, -0.1) is 0 Å². The second kappa shape index (κ2) is 9.24. The summed E-state index contributed by atoms with van der Waals surface area (Å²) in [6.07, 6.45) is 18.6. The van der Waals surface area contributed by atoms with Gasteiger partial charge in [0.15, 0.2) is 0 Å². The number of carbonyl (C=O) groups excluding carboxylic acids is 1. The molecule has 0 aromatic heterocycles. The van der Waals surface area contributed by atoms with E-state index in [2.05, 4.69) is 81.2 Å². The van der Waals surface area contributed by atoms with Gasteiger partial charge in [-0.2, -0.15) is 0 Å². The van der Waals surface area contributed by atoms with E-state index >= 15 is 0 Å². The predicted molar refractivity (Wildman–Crippen MR) is 140 cm³/mol. The summed E-state index contributed by atoms with van der Waals surface area (Å²) in [5.74, 6) is 3.66. The van der Waals surface area contributed by atoms with E-state index in [-0.39, 0.29) is 17.3 Å². The monoisotopic (exact) mass is 457 g/mol. The van der Waals surface area contributed by atoms with Gasteiger partial charge in [-0.25, -0.2) is 0 Å². The zero-order valence-electron chi connectivity index (χ0n) is 21.2. The van der Waals surface area contributed by atoms with Crippen molar-refractivity contribution in [1.29, 1.82) is 0 Å². The van der Waals surface area contributed by atoms with Crippen molar-refractivity contribution in [3.8, 4) is 5.75 Å². The first-order valence-electron chi connectivity index (χ1n) is 13.4. The summed E-state index contributed by atoms with van der Waals surface area (Å²) in [7, 11) is 0. The topological polar surface area (TPSA) is 29.5 Å². The number of carbonyl (C=O) groups is 1. The van der Waals surface area contributed by atoms with Gasteiger partial charge in [-0.05, 0) is 50.7 Å². The maximum atomic E-state index is 13.3. The summed E-state index contributed by atoms with van der Waals surface area (Å²) in [5, 5.41) is 0. The number of nitrogens with zero attached hydrogens (tertiary/aromatic N) is 1. The number of rotatable bonds is 7. The minimum atomic E-state index is -0.329. The molecule has 1 spiro atoms. The van der Waals surface area contributed by atoms with Crippen LogP contribution in [0.15, 0.2) is 66.0 Å². The van der Waals surface area contributed by atoms with Crippen molar-refractivity contribution in [1.82, 2.24) is 0 Å². The van der Waals surface area contributed by atoms with Crippen LogP contribution in [-0.2, 0) is 10.2 Å². The molecule has 3 nitrogen and oxygen atoms in total. The second-order valence-corrected chi connectivity index (χ2v) is 10.5. The van der Waals surface area contributed by atoms with Crippen molar-refractivity contribution in [3.05, 3.63) is 71.6 Å². The summed E-state index contributed by atoms with van der Waals surface area (Å²) in [6.45, 7) is 10.9. The predicted octanol–water partition coefficient (Wildman–Crippen LogP) is 7.15. The third-order valence-electron chi connectivity index (χ3n) is 8.87. The number of fused-ring (bicyclic) bond motifs is 6. The molecule has 0 N–H and O–H groups in total. The van der Waals surface area contributed by atoms with Crippen LogP contribution >= 0.6 is 0 Å². The van der Waals surface area contributed by atoms with E-state index in [1.165, 1.54) is 36.1 Å². The molecule has 5 rings (SSSR count). The highest BCUT2D eigenvalue weighted by molar-refractivity contribution is 5.91. The van der Waals surface area contributed by atoms with Gasteiger partial charge in [-0.3, -0.25) is 4.79 Å². The third kappa shape index (κ3) is 3.59. The number of anilines is 1. The highest BCUT2D eigenvalue weighted by Crippen LogP contribution is 2.61. The lowest BCUT2D eigenvalue weighted by atomic mass is 9.61. The highest BCUT2D eigenvalue weighted by Gasteiger charge is 2.58. The molecule has 1 aliphatic heterocycles. The van der Waals surface area contributed by atoms with E-state index in [1.807, 2.05) is 6.08 Å². The van der Waals surface area contributed by atoms with Crippen molar-refractivity contribution >= 4 is 11.5 Å². The van der Waals surface area contributed by atoms with Crippen molar-refractivity contribution in [2.45, 2.75) is 65.2 Å². The molecule has 1 saturated carbocycles. The van der Waals surface area contributed by atoms with Crippen LogP contribution in [0.3, 0.4) is 0 Å². The Morgan fingerprint density at radius 1 is 1.09 bits per heavy atom. The first-order chi connectivity index (χ1) is 16.5. The van der Waals surface area contributed by atoms with Crippen LogP contribution in [0.25, 0.3) is 0 Å². The Kier molecular flexibility index (Phi) is 6.31. The number of ether oxygens (including phenoxy) is 1. The molecule has 0 amide bonds. The molecular weight excluding hydrogens is 418 g/mol. The van der Waals surface area contributed by atoms with Crippen molar-refractivity contribution in [2.75, 3.05) is 18.0 Å². The molecule has 0 radical (unpaired) electrons. The van der Waals surface area contributed by atoms with Gasteiger partial charge in [0.1, 0.15) is 17.3 Å². The van der Waals surface area contributed by atoms with Crippen molar-refractivity contribution in [3.63, 3.8) is 0 Å². The molecule has 4 aliphatic rings. The number of Topliss-reactive ketones (excluding diaryl/α,β-unsaturated/α-hetero) is 1. The van der Waals surface area contributed by atoms with E-state index in [4.69, 9.17) is 4.74 Å². The lowest BCUT2D eigenvalue weighted by Gasteiger charge is -2.45. The second-order valence-electron chi connectivity index (χ2n) is 10.5. The van der Waals surface area contributed by atoms with E-state index in [0.29, 0.717) is 18.1 Å². The van der Waals surface area contributed by atoms with Crippen LogP contribution in [0.5, 0.6) is 5.75 Å². The Morgan fingerprint density at radius 3 is 2.59 bits per heavy atom. The Morgan fingerprint density at radius 2 is 1.85 bits per heavy atom. The SMILES string of the molecule is CCC(CC)CC1C=C2Oc3cc(N(CC)CC)ccc3C3(CC(=O)C4C=CC=CC43)C2=CC1. The zero-order valence-corrected chi connectivity index (χ0v) is 21.2. The lowest BCUT2D eigenvalue weighted by molar-refractivity contribution is -0.119. The van der Waals surface area contributed by atoms with Crippen LogP contribution in [0.2, 0.25) is 0 Å². The number of benzene rings is 1. The van der Waals surface area contributed by atoms with Gasteiger partial charge in [0.25, 0.3) is 0 Å². The van der Waals surface area contributed by atoms with E-state index < -0.39 is 0 Å². The summed E-state index contributed by atoms with van der Waals surface area (Å²) < 4.78 is 6.71. The Labute approximate surface area is 205 Å². The first kappa shape index (κ1) is 23.2. The average Bonchev–Trinajstić information content (AvgIpc) is 3.16. The molecule has 1 aromatic carbocycles. The van der Waals surface area contributed by atoms with E-state index in [9.17, 15) is 4.79 Å². The fourth-order valence-corrected chi connectivity index (χ4v) is 6.91. The third-order valence-corrected chi connectivity index (χ3v) is 8.87. The molecule has 4 atom stereocenters. The van der Waals surface area contributed by atoms with Gasteiger partial charge in [0, 0.05) is 59.7 Å². The van der Waals surface area contributed by atoms with Crippen LogP contribution in [0.1, 0.15) is 65.4 Å². The smallest absolute Gasteiger partial charge is 0.141 e. The average molecular weight is 458 g/mol. The Bertz CT molecular complexity index is 1070. The van der Waals surface area contributed by atoms with Crippen LogP contribution in [-0.4, -0.2) is 18.9 Å². The highest BCUT2D eigenvalue weighted by atomic mass is 16.5. The first-order valence-corrected chi connectivity index (χ1v) is 13.4. The van der Waals surface area contributed by atoms with E-state index in [1.54, 1.807) is 0 Å². The molecule has 1 fully saturated rings. The summed E-state index contributed by atoms with van der Waals surface area (Å²) >= 11 is 0. The summed E-state index contributed by atoms with van der Waals surface area (Å²) in [5.41, 5.74) is 3.30. The molecule has 0 saturated heterocycles. The summed E-state index contributed by atoms with van der Waals surface area (Å²) in [4.78, 5) is 15.7. The van der Waals surface area contributed by atoms with E-state index in [0.717, 1.165) is 36.9 Å². The minimum absolute atomic E-state index is 0.0390. The fraction of sp³-hybridized carbons (Fsp3) is 0.516.